The Balaban J connectivity index is 1.50. The van der Waals surface area contributed by atoms with Gasteiger partial charge in [-0.3, -0.25) is 9.88 Å². The molecule has 2 heterocycles. The van der Waals surface area contributed by atoms with Gasteiger partial charge in [-0.1, -0.05) is 23.2 Å². The molecule has 1 aliphatic rings. The molecule has 0 radical (unpaired) electrons. The Kier molecular flexibility index (Phi) is 7.39. The molecule has 0 bridgehead atoms. The lowest BCUT2D eigenvalue weighted by atomic mass is 9.89. The summed E-state index contributed by atoms with van der Waals surface area (Å²) in [5.41, 5.74) is 5.00. The van der Waals surface area contributed by atoms with Crippen molar-refractivity contribution < 1.29 is 0 Å². The molecule has 0 unspecified atom stereocenters. The lowest BCUT2D eigenvalue weighted by molar-refractivity contribution is 0.227. The van der Waals surface area contributed by atoms with Crippen LogP contribution in [0.5, 0.6) is 0 Å². The highest BCUT2D eigenvalue weighted by atomic mass is 35.5. The summed E-state index contributed by atoms with van der Waals surface area (Å²) in [5.74, 6) is 0.548. The van der Waals surface area contributed by atoms with Gasteiger partial charge in [-0.15, -0.1) is 0 Å². The molecule has 0 aliphatic carbocycles. The monoisotopic (exact) mass is 417 g/mol. The number of nitrogens with zero attached hydrogens (tertiary/aromatic N) is 3. The van der Waals surface area contributed by atoms with E-state index in [4.69, 9.17) is 23.2 Å². The first-order valence-electron chi connectivity index (χ1n) is 9.86. The van der Waals surface area contributed by atoms with E-state index in [1.165, 1.54) is 16.7 Å². The van der Waals surface area contributed by atoms with E-state index in [9.17, 15) is 0 Å². The topological polar surface area (TPSA) is 19.4 Å². The molecule has 0 amide bonds. The van der Waals surface area contributed by atoms with Crippen LogP contribution in [0.25, 0.3) is 0 Å². The van der Waals surface area contributed by atoms with Gasteiger partial charge in [-0.05, 0) is 98.9 Å². The summed E-state index contributed by atoms with van der Waals surface area (Å²) in [6, 6.07) is 10.1. The van der Waals surface area contributed by atoms with E-state index in [1.807, 2.05) is 12.3 Å². The maximum Gasteiger partial charge on any atom is 0.0599 e. The minimum Gasteiger partial charge on any atom is -0.375 e. The molecule has 2 aromatic rings. The van der Waals surface area contributed by atoms with Crippen molar-refractivity contribution >= 4 is 23.2 Å². The van der Waals surface area contributed by atoms with Crippen molar-refractivity contribution in [1.82, 2.24) is 14.8 Å². The lowest BCUT2D eigenvalue weighted by Gasteiger charge is -2.32. The van der Waals surface area contributed by atoms with Crippen LogP contribution in [0.1, 0.15) is 42.5 Å². The summed E-state index contributed by atoms with van der Waals surface area (Å²) in [6.45, 7) is 8.35. The SMILES string of the molecule is C/C(=C\N(C)Cc1cc(C)ccn1)CN1CCC(c2cc(Cl)cc(Cl)c2)CC1. The van der Waals surface area contributed by atoms with Crippen LogP contribution in [0, 0.1) is 6.92 Å². The van der Waals surface area contributed by atoms with Gasteiger partial charge in [0, 0.05) is 29.8 Å². The number of halogens is 2. The first-order valence-corrected chi connectivity index (χ1v) is 10.6. The van der Waals surface area contributed by atoms with Crippen molar-refractivity contribution in [3.8, 4) is 0 Å². The normalized spacial score (nSPS) is 16.4. The molecule has 1 fully saturated rings. The number of benzene rings is 1. The summed E-state index contributed by atoms with van der Waals surface area (Å²) < 4.78 is 0. The largest absolute Gasteiger partial charge is 0.375 e. The maximum atomic E-state index is 6.17. The van der Waals surface area contributed by atoms with E-state index in [0.29, 0.717) is 5.92 Å². The van der Waals surface area contributed by atoms with Crippen molar-refractivity contribution in [2.45, 2.75) is 39.2 Å². The molecule has 0 N–H and O–H groups in total. The smallest absolute Gasteiger partial charge is 0.0599 e. The highest BCUT2D eigenvalue weighted by Crippen LogP contribution is 2.32. The molecular weight excluding hydrogens is 389 g/mol. The van der Waals surface area contributed by atoms with Crippen LogP contribution in [-0.2, 0) is 6.54 Å². The fourth-order valence-corrected chi connectivity index (χ4v) is 4.53. The zero-order valence-electron chi connectivity index (χ0n) is 17.0. The molecule has 1 saturated heterocycles. The Bertz CT molecular complexity index is 806. The van der Waals surface area contributed by atoms with E-state index in [0.717, 1.165) is 54.8 Å². The predicted octanol–water partition coefficient (Wildman–Crippen LogP) is 5.91. The first kappa shape index (κ1) is 21.2. The Morgan fingerprint density at radius 2 is 1.86 bits per heavy atom. The summed E-state index contributed by atoms with van der Waals surface area (Å²) in [5, 5.41) is 1.46. The molecule has 150 valence electrons. The second-order valence-electron chi connectivity index (χ2n) is 7.97. The number of rotatable bonds is 6. The Morgan fingerprint density at radius 1 is 1.18 bits per heavy atom. The molecule has 28 heavy (non-hydrogen) atoms. The molecule has 3 rings (SSSR count). The second-order valence-corrected chi connectivity index (χ2v) is 8.84. The van der Waals surface area contributed by atoms with Crippen molar-refractivity contribution in [3.63, 3.8) is 0 Å². The third-order valence-electron chi connectivity index (χ3n) is 5.24. The molecule has 0 atom stereocenters. The van der Waals surface area contributed by atoms with Crippen LogP contribution >= 0.6 is 23.2 Å². The number of likely N-dealkylation sites (tertiary alicyclic amines) is 1. The summed E-state index contributed by atoms with van der Waals surface area (Å²) in [7, 11) is 2.11. The number of pyridine rings is 1. The second kappa shape index (κ2) is 9.78. The average molecular weight is 418 g/mol. The Hall–Kier alpha value is -1.55. The molecule has 1 aliphatic heterocycles. The third kappa shape index (κ3) is 6.23. The zero-order chi connectivity index (χ0) is 20.1. The standard InChI is InChI=1S/C23H29Cl2N3/c1-17-4-7-26-23(10-17)16-27(3)14-18(2)15-28-8-5-19(6-9-28)20-11-21(24)13-22(25)12-20/h4,7,10-14,19H,5-6,8-9,15-16H2,1-3H3/b18-14+. The van der Waals surface area contributed by atoms with Gasteiger partial charge >= 0.3 is 0 Å². The molecule has 3 nitrogen and oxygen atoms in total. The van der Waals surface area contributed by atoms with Crippen molar-refractivity contribution in [1.29, 1.82) is 0 Å². The summed E-state index contributed by atoms with van der Waals surface area (Å²) in [6.07, 6.45) is 6.42. The molecule has 1 aromatic heterocycles. The van der Waals surface area contributed by atoms with Gasteiger partial charge in [0.1, 0.15) is 0 Å². The predicted molar refractivity (Wildman–Crippen MR) is 119 cm³/mol. The number of piperidine rings is 1. The lowest BCUT2D eigenvalue weighted by Crippen LogP contribution is -2.34. The minimum absolute atomic E-state index is 0.548. The fraction of sp³-hybridized carbons (Fsp3) is 0.435. The number of aryl methyl sites for hydroxylation is 1. The average Bonchev–Trinajstić information content (AvgIpc) is 2.61. The third-order valence-corrected chi connectivity index (χ3v) is 5.68. The van der Waals surface area contributed by atoms with Crippen LogP contribution in [0.2, 0.25) is 10.0 Å². The summed E-state index contributed by atoms with van der Waals surface area (Å²) in [4.78, 5) is 9.21. The van der Waals surface area contributed by atoms with E-state index < -0.39 is 0 Å². The first-order chi connectivity index (χ1) is 13.4. The fourth-order valence-electron chi connectivity index (χ4n) is 3.99. The van der Waals surface area contributed by atoms with Crippen LogP contribution < -0.4 is 0 Å². The minimum atomic E-state index is 0.548. The van der Waals surface area contributed by atoms with Crippen LogP contribution in [-0.4, -0.2) is 41.5 Å². The van der Waals surface area contributed by atoms with Gasteiger partial charge < -0.3 is 4.90 Å². The van der Waals surface area contributed by atoms with Gasteiger partial charge in [0.2, 0.25) is 0 Å². The van der Waals surface area contributed by atoms with Gasteiger partial charge in [-0.25, -0.2) is 0 Å². The number of hydrogen-bond acceptors (Lipinski definition) is 3. The summed E-state index contributed by atoms with van der Waals surface area (Å²) >= 11 is 12.3. The highest BCUT2D eigenvalue weighted by Gasteiger charge is 2.21. The van der Waals surface area contributed by atoms with E-state index in [-0.39, 0.29) is 0 Å². The van der Waals surface area contributed by atoms with Crippen molar-refractivity contribution in [2.24, 2.45) is 0 Å². The van der Waals surface area contributed by atoms with Gasteiger partial charge in [0.25, 0.3) is 0 Å². The van der Waals surface area contributed by atoms with Crippen LogP contribution in [0.3, 0.4) is 0 Å². The van der Waals surface area contributed by atoms with Crippen LogP contribution in [0.15, 0.2) is 48.3 Å². The number of hydrogen-bond donors (Lipinski definition) is 0. The van der Waals surface area contributed by atoms with E-state index in [2.05, 4.69) is 60.1 Å². The molecule has 0 spiro atoms. The zero-order valence-corrected chi connectivity index (χ0v) is 18.5. The van der Waals surface area contributed by atoms with Gasteiger partial charge in [-0.2, -0.15) is 0 Å². The Morgan fingerprint density at radius 3 is 2.50 bits per heavy atom. The molecule has 1 aromatic carbocycles. The Labute approximate surface area is 179 Å². The molecule has 5 heteroatoms. The van der Waals surface area contributed by atoms with E-state index in [1.54, 1.807) is 6.07 Å². The molecular formula is C23H29Cl2N3. The quantitative estimate of drug-likeness (QED) is 0.581. The highest BCUT2D eigenvalue weighted by molar-refractivity contribution is 6.34. The number of aromatic nitrogens is 1. The molecule has 0 saturated carbocycles. The van der Waals surface area contributed by atoms with Gasteiger partial charge in [0.05, 0.1) is 12.2 Å². The van der Waals surface area contributed by atoms with Crippen molar-refractivity contribution in [3.05, 3.63) is 75.2 Å². The van der Waals surface area contributed by atoms with Crippen LogP contribution in [0.4, 0.5) is 0 Å². The van der Waals surface area contributed by atoms with E-state index >= 15 is 0 Å². The maximum absolute atomic E-state index is 6.17. The van der Waals surface area contributed by atoms with Gasteiger partial charge in [0.15, 0.2) is 0 Å². The van der Waals surface area contributed by atoms with Crippen molar-refractivity contribution in [2.75, 3.05) is 26.7 Å².